The van der Waals surface area contributed by atoms with Crippen molar-refractivity contribution >= 4 is 11.8 Å². The molecule has 0 saturated carbocycles. The van der Waals surface area contributed by atoms with E-state index < -0.39 is 24.8 Å². The van der Waals surface area contributed by atoms with E-state index in [1.165, 1.54) is 6.07 Å². The Morgan fingerprint density at radius 3 is 2.58 bits per heavy atom. The summed E-state index contributed by atoms with van der Waals surface area (Å²) in [6.45, 7) is 0.949. The van der Waals surface area contributed by atoms with Gasteiger partial charge in [0.2, 0.25) is 0 Å². The summed E-state index contributed by atoms with van der Waals surface area (Å²) >= 11 is 0. The number of nitrogens with zero attached hydrogens (tertiary/aromatic N) is 1. The third-order valence-electron chi connectivity index (χ3n) is 2.34. The number of nitrogens with one attached hydrogen (secondary N) is 1. The number of aliphatic hydroxyl groups excluding tert-OH is 1. The fourth-order valence-corrected chi connectivity index (χ4v) is 1.30. The maximum Gasteiger partial charge on any atom is 0.416 e. The molecule has 0 amide bonds. The van der Waals surface area contributed by atoms with Crippen molar-refractivity contribution in [3.8, 4) is 0 Å². The highest BCUT2D eigenvalue weighted by atomic mass is 19.4. The number of rotatable bonds is 5. The van der Waals surface area contributed by atoms with E-state index in [1.54, 1.807) is 6.92 Å². The van der Waals surface area contributed by atoms with Crippen LogP contribution in [0.1, 0.15) is 23.0 Å². The van der Waals surface area contributed by atoms with E-state index in [4.69, 9.17) is 10.2 Å². The van der Waals surface area contributed by atoms with Gasteiger partial charge in [-0.1, -0.05) is 6.92 Å². The number of carboxylic acids is 1. The second-order valence-electron chi connectivity index (χ2n) is 3.83. The SMILES string of the molecule is CCc1cc(C(=O)O)cc(NCC(O)C(F)(F)F)n1. The lowest BCUT2D eigenvalue weighted by Crippen LogP contribution is -2.35. The first-order chi connectivity index (χ1) is 8.74. The first-order valence-electron chi connectivity index (χ1n) is 5.47. The molecule has 19 heavy (non-hydrogen) atoms. The number of carboxylic acid groups (broad SMARTS) is 1. The second-order valence-corrected chi connectivity index (χ2v) is 3.83. The molecular formula is C11H13F3N2O3. The number of hydrogen-bond acceptors (Lipinski definition) is 4. The molecule has 0 bridgehead atoms. The topological polar surface area (TPSA) is 82.5 Å². The zero-order chi connectivity index (χ0) is 14.6. The Balaban J connectivity index is 2.83. The van der Waals surface area contributed by atoms with Gasteiger partial charge in [0, 0.05) is 5.69 Å². The van der Waals surface area contributed by atoms with Gasteiger partial charge in [-0.15, -0.1) is 0 Å². The lowest BCUT2D eigenvalue weighted by molar-refractivity contribution is -0.198. The Labute approximate surface area is 107 Å². The molecule has 3 N–H and O–H groups in total. The summed E-state index contributed by atoms with van der Waals surface area (Å²) in [5.41, 5.74) is 0.361. The number of aromatic carboxylic acids is 1. The normalized spacial score (nSPS) is 13.1. The van der Waals surface area contributed by atoms with Crippen molar-refractivity contribution in [1.29, 1.82) is 0 Å². The second kappa shape index (κ2) is 5.87. The van der Waals surface area contributed by atoms with E-state index in [9.17, 15) is 18.0 Å². The molecule has 0 aromatic carbocycles. The van der Waals surface area contributed by atoms with Crippen molar-refractivity contribution in [3.05, 3.63) is 23.4 Å². The average molecular weight is 278 g/mol. The number of pyridine rings is 1. The van der Waals surface area contributed by atoms with Crippen LogP contribution < -0.4 is 5.32 Å². The van der Waals surface area contributed by atoms with Gasteiger partial charge in [0.1, 0.15) is 5.82 Å². The number of anilines is 1. The Bertz CT molecular complexity index is 463. The molecule has 0 fully saturated rings. The molecule has 0 aliphatic carbocycles. The molecule has 1 rings (SSSR count). The minimum absolute atomic E-state index is 0.0138. The maximum absolute atomic E-state index is 12.1. The van der Waals surface area contributed by atoms with Crippen LogP contribution in [0.15, 0.2) is 12.1 Å². The van der Waals surface area contributed by atoms with E-state index >= 15 is 0 Å². The molecule has 5 nitrogen and oxygen atoms in total. The van der Waals surface area contributed by atoms with Crippen molar-refractivity contribution in [1.82, 2.24) is 4.98 Å². The monoisotopic (exact) mass is 278 g/mol. The van der Waals surface area contributed by atoms with Gasteiger partial charge in [0.15, 0.2) is 6.10 Å². The van der Waals surface area contributed by atoms with Crippen LogP contribution in [-0.2, 0) is 6.42 Å². The third kappa shape index (κ3) is 4.40. The molecule has 106 valence electrons. The summed E-state index contributed by atoms with van der Waals surface area (Å²) in [5.74, 6) is -1.21. The average Bonchev–Trinajstić information content (AvgIpc) is 2.34. The van der Waals surface area contributed by atoms with E-state index in [2.05, 4.69) is 10.3 Å². The predicted molar refractivity (Wildman–Crippen MR) is 61.1 cm³/mol. The summed E-state index contributed by atoms with van der Waals surface area (Å²) in [6, 6.07) is 2.46. The number of carbonyl (C=O) groups is 1. The van der Waals surface area contributed by atoms with Crippen molar-refractivity contribution in [2.45, 2.75) is 25.6 Å². The van der Waals surface area contributed by atoms with Gasteiger partial charge in [-0.25, -0.2) is 9.78 Å². The number of hydrogen-bond donors (Lipinski definition) is 3. The van der Waals surface area contributed by atoms with E-state index in [0.29, 0.717) is 12.1 Å². The van der Waals surface area contributed by atoms with Crippen LogP contribution in [-0.4, -0.2) is 40.0 Å². The zero-order valence-electron chi connectivity index (χ0n) is 10.0. The Hall–Kier alpha value is -1.83. The predicted octanol–water partition coefficient (Wildman–Crippen LogP) is 1.68. The Morgan fingerprint density at radius 2 is 2.11 bits per heavy atom. The zero-order valence-corrected chi connectivity index (χ0v) is 10.0. The molecule has 1 unspecified atom stereocenters. The lowest BCUT2D eigenvalue weighted by Gasteiger charge is -2.15. The first-order valence-corrected chi connectivity index (χ1v) is 5.47. The minimum atomic E-state index is -4.73. The highest BCUT2D eigenvalue weighted by molar-refractivity contribution is 5.88. The molecule has 1 aromatic rings. The summed E-state index contributed by atoms with van der Waals surface area (Å²) in [5, 5.41) is 19.9. The van der Waals surface area contributed by atoms with Gasteiger partial charge in [-0.05, 0) is 18.6 Å². The number of alkyl halides is 3. The van der Waals surface area contributed by atoms with Crippen LogP contribution in [0.5, 0.6) is 0 Å². The van der Waals surface area contributed by atoms with Crippen LogP contribution in [0.2, 0.25) is 0 Å². The summed E-state index contributed by atoms with van der Waals surface area (Å²) in [4.78, 5) is 14.8. The summed E-state index contributed by atoms with van der Waals surface area (Å²) < 4.78 is 36.3. The molecule has 0 saturated heterocycles. The quantitative estimate of drug-likeness (QED) is 0.763. The minimum Gasteiger partial charge on any atom is -0.478 e. The van der Waals surface area contributed by atoms with Crippen molar-refractivity contribution < 1.29 is 28.2 Å². The third-order valence-corrected chi connectivity index (χ3v) is 2.34. The van der Waals surface area contributed by atoms with Crippen LogP contribution in [0, 0.1) is 0 Å². The molecular weight excluding hydrogens is 265 g/mol. The Morgan fingerprint density at radius 1 is 1.47 bits per heavy atom. The van der Waals surface area contributed by atoms with Crippen LogP contribution in [0.4, 0.5) is 19.0 Å². The largest absolute Gasteiger partial charge is 0.478 e. The molecule has 0 aliphatic heterocycles. The van der Waals surface area contributed by atoms with Crippen LogP contribution in [0.3, 0.4) is 0 Å². The van der Waals surface area contributed by atoms with Crippen LogP contribution in [0.25, 0.3) is 0 Å². The van der Waals surface area contributed by atoms with E-state index in [1.807, 2.05) is 0 Å². The lowest BCUT2D eigenvalue weighted by atomic mass is 10.2. The number of aliphatic hydroxyl groups is 1. The van der Waals surface area contributed by atoms with Gasteiger partial charge < -0.3 is 15.5 Å². The molecule has 0 spiro atoms. The van der Waals surface area contributed by atoms with Gasteiger partial charge in [0.05, 0.1) is 12.1 Å². The van der Waals surface area contributed by atoms with E-state index in [-0.39, 0.29) is 11.4 Å². The van der Waals surface area contributed by atoms with Crippen LogP contribution >= 0.6 is 0 Å². The summed E-state index contributed by atoms with van der Waals surface area (Å²) in [6.07, 6.45) is -6.82. The standard InChI is InChI=1S/C11H13F3N2O3/c1-2-7-3-6(10(18)19)4-9(16-7)15-5-8(17)11(12,13)14/h3-4,8,17H,2,5H2,1H3,(H,15,16)(H,18,19). The molecule has 8 heteroatoms. The maximum atomic E-state index is 12.1. The first kappa shape index (κ1) is 15.2. The highest BCUT2D eigenvalue weighted by Crippen LogP contribution is 2.20. The highest BCUT2D eigenvalue weighted by Gasteiger charge is 2.37. The molecule has 1 heterocycles. The number of aromatic nitrogens is 1. The molecule has 0 aliphatic rings. The van der Waals surface area contributed by atoms with Gasteiger partial charge >= 0.3 is 12.1 Å². The van der Waals surface area contributed by atoms with Crippen molar-refractivity contribution in [2.24, 2.45) is 0 Å². The number of aryl methyl sites for hydroxylation is 1. The molecule has 0 radical (unpaired) electrons. The van der Waals surface area contributed by atoms with Crippen molar-refractivity contribution in [3.63, 3.8) is 0 Å². The van der Waals surface area contributed by atoms with E-state index in [0.717, 1.165) is 6.07 Å². The number of halogens is 3. The summed E-state index contributed by atoms with van der Waals surface area (Å²) in [7, 11) is 0. The molecule has 1 aromatic heterocycles. The van der Waals surface area contributed by atoms with Gasteiger partial charge in [-0.2, -0.15) is 13.2 Å². The Kier molecular flexibility index (Phi) is 4.71. The van der Waals surface area contributed by atoms with Crippen molar-refractivity contribution in [2.75, 3.05) is 11.9 Å². The van der Waals surface area contributed by atoms with Gasteiger partial charge in [0.25, 0.3) is 0 Å². The smallest absolute Gasteiger partial charge is 0.416 e. The van der Waals surface area contributed by atoms with Gasteiger partial charge in [-0.3, -0.25) is 0 Å². The fourth-order valence-electron chi connectivity index (χ4n) is 1.30. The molecule has 1 atom stereocenters. The fraction of sp³-hybridized carbons (Fsp3) is 0.455.